The molecule has 1 N–H and O–H groups in total. The molecular weight excluding hydrogens is 262 g/mol. The molecule has 19 heavy (non-hydrogen) atoms. The topological polar surface area (TPSA) is 57.6 Å². The summed E-state index contributed by atoms with van der Waals surface area (Å²) >= 11 is 1.59. The minimum absolute atomic E-state index is 0.168. The molecule has 5 heteroatoms. The van der Waals surface area contributed by atoms with Crippen molar-refractivity contribution in [1.29, 1.82) is 0 Å². The number of carbonyl (C=O) groups excluding carboxylic acids is 1. The summed E-state index contributed by atoms with van der Waals surface area (Å²) in [6, 6.07) is 6.17. The second kappa shape index (κ2) is 6.61. The monoisotopic (exact) mass is 281 g/mol. The van der Waals surface area contributed by atoms with Crippen molar-refractivity contribution in [2.45, 2.75) is 37.8 Å². The Morgan fingerprint density at radius 2 is 1.74 bits per heavy atom. The zero-order chi connectivity index (χ0) is 14.6. The standard InChI is InChI=1S/C14H19NO3S/c1-9(2)15(10(3)16)13(14(17)18)11-5-7-12(19-4)8-6-11/h5-9,13H,1-4H3,(H,17,18). The highest BCUT2D eigenvalue weighted by molar-refractivity contribution is 7.98. The van der Waals surface area contributed by atoms with Crippen molar-refractivity contribution in [3.05, 3.63) is 29.8 Å². The number of aliphatic carboxylic acids is 1. The number of carboxylic acids is 1. The quantitative estimate of drug-likeness (QED) is 0.843. The molecule has 104 valence electrons. The maximum absolute atomic E-state index is 11.7. The Hall–Kier alpha value is -1.49. The Bertz CT molecular complexity index is 456. The van der Waals surface area contributed by atoms with Gasteiger partial charge >= 0.3 is 5.97 Å². The summed E-state index contributed by atoms with van der Waals surface area (Å²) in [7, 11) is 0. The van der Waals surface area contributed by atoms with Gasteiger partial charge in [0.15, 0.2) is 6.04 Å². The smallest absolute Gasteiger partial charge is 0.331 e. The van der Waals surface area contributed by atoms with Gasteiger partial charge in [0.2, 0.25) is 5.91 Å². The van der Waals surface area contributed by atoms with Gasteiger partial charge in [0.1, 0.15) is 0 Å². The second-order valence-electron chi connectivity index (χ2n) is 4.53. The average Bonchev–Trinajstić information content (AvgIpc) is 2.34. The van der Waals surface area contributed by atoms with Crippen LogP contribution in [0.4, 0.5) is 0 Å². The van der Waals surface area contributed by atoms with Crippen molar-refractivity contribution in [2.24, 2.45) is 0 Å². The SMILES string of the molecule is CSc1ccc(C(C(=O)O)N(C(C)=O)C(C)C)cc1. The van der Waals surface area contributed by atoms with Crippen molar-refractivity contribution >= 4 is 23.6 Å². The number of hydrogen-bond donors (Lipinski definition) is 1. The van der Waals surface area contributed by atoms with Crippen LogP contribution in [-0.2, 0) is 9.59 Å². The van der Waals surface area contributed by atoms with Gasteiger partial charge in [0.25, 0.3) is 0 Å². The first kappa shape index (κ1) is 15.6. The second-order valence-corrected chi connectivity index (χ2v) is 5.41. The number of thioether (sulfide) groups is 1. The molecule has 0 aliphatic carbocycles. The first-order valence-corrected chi connectivity index (χ1v) is 7.26. The summed E-state index contributed by atoms with van der Waals surface area (Å²) in [6.45, 7) is 5.02. The van der Waals surface area contributed by atoms with Gasteiger partial charge in [0.05, 0.1) is 0 Å². The van der Waals surface area contributed by atoms with Crippen LogP contribution in [0.1, 0.15) is 32.4 Å². The fraction of sp³-hybridized carbons (Fsp3) is 0.429. The van der Waals surface area contributed by atoms with Gasteiger partial charge < -0.3 is 10.0 Å². The molecule has 0 fully saturated rings. The van der Waals surface area contributed by atoms with Crippen LogP contribution in [0.2, 0.25) is 0 Å². The van der Waals surface area contributed by atoms with Crippen LogP contribution in [0, 0.1) is 0 Å². The summed E-state index contributed by atoms with van der Waals surface area (Å²) in [6.07, 6.45) is 1.96. The number of nitrogens with zero attached hydrogens (tertiary/aromatic N) is 1. The van der Waals surface area contributed by atoms with E-state index in [4.69, 9.17) is 0 Å². The van der Waals surface area contributed by atoms with E-state index in [2.05, 4.69) is 0 Å². The predicted molar refractivity (Wildman–Crippen MR) is 76.3 cm³/mol. The maximum Gasteiger partial charge on any atom is 0.331 e. The summed E-state index contributed by atoms with van der Waals surface area (Å²) in [5.74, 6) is -1.25. The Balaban J connectivity index is 3.18. The van der Waals surface area contributed by atoms with E-state index in [1.165, 1.54) is 11.8 Å². The van der Waals surface area contributed by atoms with Crippen LogP contribution in [0.15, 0.2) is 29.2 Å². The molecule has 0 spiro atoms. The molecule has 1 aromatic carbocycles. The van der Waals surface area contributed by atoms with E-state index in [1.54, 1.807) is 23.9 Å². The third-order valence-electron chi connectivity index (χ3n) is 2.86. The zero-order valence-corrected chi connectivity index (χ0v) is 12.4. The molecule has 0 radical (unpaired) electrons. The first-order chi connectivity index (χ1) is 8.88. The fourth-order valence-electron chi connectivity index (χ4n) is 2.05. The molecule has 0 saturated heterocycles. The van der Waals surface area contributed by atoms with Crippen LogP contribution in [-0.4, -0.2) is 34.2 Å². The molecule has 0 saturated carbocycles. The van der Waals surface area contributed by atoms with Gasteiger partial charge in [-0.15, -0.1) is 11.8 Å². The summed E-state index contributed by atoms with van der Waals surface area (Å²) in [5.41, 5.74) is 0.620. The number of hydrogen-bond acceptors (Lipinski definition) is 3. The number of carboxylic acid groups (broad SMARTS) is 1. The molecule has 1 rings (SSSR count). The Morgan fingerprint density at radius 1 is 1.21 bits per heavy atom. The molecule has 0 heterocycles. The lowest BCUT2D eigenvalue weighted by molar-refractivity contribution is -0.151. The lowest BCUT2D eigenvalue weighted by Gasteiger charge is -2.31. The Kier molecular flexibility index (Phi) is 5.42. The minimum atomic E-state index is -1.01. The third kappa shape index (κ3) is 3.73. The molecule has 0 bridgehead atoms. The van der Waals surface area contributed by atoms with Gasteiger partial charge in [-0.1, -0.05) is 12.1 Å². The molecule has 1 amide bonds. The third-order valence-corrected chi connectivity index (χ3v) is 3.61. The van der Waals surface area contributed by atoms with Gasteiger partial charge in [-0.05, 0) is 37.8 Å². The molecule has 1 atom stereocenters. The first-order valence-electron chi connectivity index (χ1n) is 6.04. The van der Waals surface area contributed by atoms with Crippen LogP contribution in [0.5, 0.6) is 0 Å². The average molecular weight is 281 g/mol. The summed E-state index contributed by atoms with van der Waals surface area (Å²) in [4.78, 5) is 25.6. The number of rotatable bonds is 5. The van der Waals surface area contributed by atoms with E-state index in [0.717, 1.165) is 4.90 Å². The van der Waals surface area contributed by atoms with Crippen LogP contribution in [0.25, 0.3) is 0 Å². The Morgan fingerprint density at radius 3 is 2.05 bits per heavy atom. The molecule has 1 unspecified atom stereocenters. The lowest BCUT2D eigenvalue weighted by Crippen LogP contribution is -2.42. The highest BCUT2D eigenvalue weighted by Gasteiger charge is 2.31. The summed E-state index contributed by atoms with van der Waals surface area (Å²) < 4.78 is 0. The fourth-order valence-corrected chi connectivity index (χ4v) is 2.46. The van der Waals surface area contributed by atoms with Gasteiger partial charge in [-0.2, -0.15) is 0 Å². The van der Waals surface area contributed by atoms with E-state index in [0.29, 0.717) is 5.56 Å². The van der Waals surface area contributed by atoms with Gasteiger partial charge in [0, 0.05) is 17.9 Å². The molecular formula is C14H19NO3S. The lowest BCUT2D eigenvalue weighted by atomic mass is 10.0. The number of carbonyl (C=O) groups is 2. The van der Waals surface area contributed by atoms with Gasteiger partial charge in [-0.3, -0.25) is 4.79 Å². The molecule has 0 aromatic heterocycles. The van der Waals surface area contributed by atoms with E-state index in [9.17, 15) is 14.7 Å². The summed E-state index contributed by atoms with van der Waals surface area (Å²) in [5, 5.41) is 9.42. The highest BCUT2D eigenvalue weighted by Crippen LogP contribution is 2.25. The van der Waals surface area contributed by atoms with Crippen LogP contribution in [0.3, 0.4) is 0 Å². The van der Waals surface area contributed by atoms with Crippen LogP contribution < -0.4 is 0 Å². The van der Waals surface area contributed by atoms with Crippen LogP contribution >= 0.6 is 11.8 Å². The molecule has 1 aromatic rings. The van der Waals surface area contributed by atoms with Crippen molar-refractivity contribution < 1.29 is 14.7 Å². The van der Waals surface area contributed by atoms with E-state index in [1.807, 2.05) is 32.2 Å². The van der Waals surface area contributed by atoms with Crippen molar-refractivity contribution in [3.8, 4) is 0 Å². The maximum atomic E-state index is 11.7. The molecule has 4 nitrogen and oxygen atoms in total. The Labute approximate surface area is 117 Å². The normalized spacial score (nSPS) is 12.3. The molecule has 0 aliphatic rings. The highest BCUT2D eigenvalue weighted by atomic mass is 32.2. The molecule has 0 aliphatic heterocycles. The largest absolute Gasteiger partial charge is 0.479 e. The predicted octanol–water partition coefficient (Wildman–Crippen LogP) is 2.79. The van der Waals surface area contributed by atoms with Crippen molar-refractivity contribution in [1.82, 2.24) is 4.90 Å². The van der Waals surface area contributed by atoms with E-state index >= 15 is 0 Å². The zero-order valence-electron chi connectivity index (χ0n) is 11.6. The van der Waals surface area contributed by atoms with E-state index < -0.39 is 12.0 Å². The minimum Gasteiger partial charge on any atom is -0.479 e. The van der Waals surface area contributed by atoms with Crippen molar-refractivity contribution in [2.75, 3.05) is 6.26 Å². The number of amides is 1. The van der Waals surface area contributed by atoms with Gasteiger partial charge in [-0.25, -0.2) is 4.79 Å². The number of benzene rings is 1. The van der Waals surface area contributed by atoms with Crippen molar-refractivity contribution in [3.63, 3.8) is 0 Å². The van der Waals surface area contributed by atoms with E-state index in [-0.39, 0.29) is 11.9 Å².